The number of hydrogen-bond donors (Lipinski definition) is 1. The second-order valence-electron chi connectivity index (χ2n) is 9.10. The zero-order valence-electron chi connectivity index (χ0n) is 20.1. The molecule has 1 amide bonds. The summed E-state index contributed by atoms with van der Waals surface area (Å²) in [6, 6.07) is 14.4. The average Bonchev–Trinajstić information content (AvgIpc) is 3.33. The zero-order valence-corrected chi connectivity index (χ0v) is 20.9. The third-order valence-corrected chi connectivity index (χ3v) is 8.52. The lowest BCUT2D eigenvalue weighted by molar-refractivity contribution is 0.0793. The van der Waals surface area contributed by atoms with Gasteiger partial charge in [0.2, 0.25) is 10.0 Å². The van der Waals surface area contributed by atoms with E-state index in [0.29, 0.717) is 42.8 Å². The molecule has 7 nitrogen and oxygen atoms in total. The van der Waals surface area contributed by atoms with Gasteiger partial charge in [-0.3, -0.25) is 9.89 Å². The van der Waals surface area contributed by atoms with Crippen LogP contribution in [0.4, 0.5) is 4.39 Å². The highest BCUT2D eigenvalue weighted by molar-refractivity contribution is 7.89. The van der Waals surface area contributed by atoms with Crippen molar-refractivity contribution in [2.75, 3.05) is 20.1 Å². The van der Waals surface area contributed by atoms with Crippen LogP contribution in [0.2, 0.25) is 0 Å². The molecule has 3 aromatic rings. The molecule has 1 aliphatic heterocycles. The Kier molecular flexibility index (Phi) is 7.66. The van der Waals surface area contributed by atoms with E-state index in [2.05, 4.69) is 10.2 Å². The number of rotatable bonds is 8. The fraction of sp³-hybridized carbons (Fsp3) is 0.385. The van der Waals surface area contributed by atoms with Gasteiger partial charge in [0.25, 0.3) is 5.91 Å². The van der Waals surface area contributed by atoms with Gasteiger partial charge in [-0.15, -0.1) is 0 Å². The highest BCUT2D eigenvalue weighted by Crippen LogP contribution is 2.25. The minimum absolute atomic E-state index is 0.0130. The van der Waals surface area contributed by atoms with Crippen LogP contribution in [0.15, 0.2) is 59.5 Å². The summed E-state index contributed by atoms with van der Waals surface area (Å²) >= 11 is 0. The van der Waals surface area contributed by atoms with Crippen LogP contribution >= 0.6 is 0 Å². The molecule has 4 rings (SSSR count). The third-order valence-electron chi connectivity index (χ3n) is 6.49. The lowest BCUT2D eigenvalue weighted by Gasteiger charge is -2.32. The number of aromatic amines is 1. The van der Waals surface area contributed by atoms with E-state index >= 15 is 0 Å². The summed E-state index contributed by atoms with van der Waals surface area (Å²) in [6.45, 7) is 3.00. The monoisotopic (exact) mass is 498 g/mol. The van der Waals surface area contributed by atoms with Gasteiger partial charge in [-0.05, 0) is 75.1 Å². The summed E-state index contributed by atoms with van der Waals surface area (Å²) in [6.07, 6.45) is 4.18. The quantitative estimate of drug-likeness (QED) is 0.496. The molecule has 0 saturated carbocycles. The fourth-order valence-electron chi connectivity index (χ4n) is 4.45. The molecule has 1 fully saturated rings. The second kappa shape index (κ2) is 10.7. The van der Waals surface area contributed by atoms with E-state index in [4.69, 9.17) is 0 Å². The molecule has 1 aliphatic rings. The Labute approximate surface area is 206 Å². The van der Waals surface area contributed by atoms with Gasteiger partial charge in [-0.2, -0.15) is 9.40 Å². The Bertz CT molecular complexity index is 1270. The predicted molar refractivity (Wildman–Crippen MR) is 133 cm³/mol. The van der Waals surface area contributed by atoms with E-state index in [0.717, 1.165) is 25.0 Å². The van der Waals surface area contributed by atoms with Crippen LogP contribution < -0.4 is 0 Å². The number of aryl methyl sites for hydroxylation is 1. The number of amides is 1. The first-order chi connectivity index (χ1) is 16.8. The molecule has 0 aliphatic carbocycles. The molecule has 2 heterocycles. The lowest BCUT2D eigenvalue weighted by Crippen LogP contribution is -2.41. The number of piperidine rings is 1. The number of H-pyrrole nitrogens is 1. The number of hydrogen-bond acceptors (Lipinski definition) is 4. The number of nitrogens with zero attached hydrogens (tertiary/aromatic N) is 3. The van der Waals surface area contributed by atoms with Crippen molar-refractivity contribution in [1.82, 2.24) is 19.4 Å². The van der Waals surface area contributed by atoms with E-state index in [-0.39, 0.29) is 22.7 Å². The largest absolute Gasteiger partial charge is 0.342 e. The fourth-order valence-corrected chi connectivity index (χ4v) is 6.15. The Morgan fingerprint density at radius 1 is 1.17 bits per heavy atom. The van der Waals surface area contributed by atoms with Crippen LogP contribution in [-0.4, -0.2) is 59.9 Å². The number of aromatic nitrogens is 2. The molecular formula is C26H31FN4O3S. The molecule has 1 atom stereocenters. The Morgan fingerprint density at radius 2 is 1.94 bits per heavy atom. The van der Waals surface area contributed by atoms with Crippen LogP contribution in [0.3, 0.4) is 0 Å². The van der Waals surface area contributed by atoms with Crippen molar-refractivity contribution in [2.24, 2.45) is 0 Å². The summed E-state index contributed by atoms with van der Waals surface area (Å²) in [5, 5.41) is 7.22. The molecule has 0 radical (unpaired) electrons. The van der Waals surface area contributed by atoms with Gasteiger partial charge < -0.3 is 4.90 Å². The van der Waals surface area contributed by atoms with E-state index in [1.165, 1.54) is 24.3 Å². The summed E-state index contributed by atoms with van der Waals surface area (Å²) in [7, 11) is -1.83. The molecule has 1 N–H and O–H groups in total. The molecule has 186 valence electrons. The Hall–Kier alpha value is -3.04. The summed E-state index contributed by atoms with van der Waals surface area (Å²) in [5.74, 6) is -0.468. The zero-order chi connectivity index (χ0) is 25.0. The minimum atomic E-state index is -3.56. The molecule has 1 unspecified atom stereocenters. The van der Waals surface area contributed by atoms with E-state index < -0.39 is 10.0 Å². The van der Waals surface area contributed by atoms with Crippen LogP contribution in [0.1, 0.15) is 48.7 Å². The Balaban J connectivity index is 1.32. The number of sulfonamides is 1. The first-order valence-electron chi connectivity index (χ1n) is 11.9. The van der Waals surface area contributed by atoms with Crippen molar-refractivity contribution in [2.45, 2.75) is 50.0 Å². The number of nitrogens with one attached hydrogen (secondary N) is 1. The highest BCUT2D eigenvalue weighted by atomic mass is 32.2. The molecule has 1 saturated heterocycles. The van der Waals surface area contributed by atoms with Gasteiger partial charge in [0.05, 0.1) is 10.6 Å². The van der Waals surface area contributed by atoms with Crippen LogP contribution in [0.25, 0.3) is 11.3 Å². The molecule has 2 aromatic carbocycles. The van der Waals surface area contributed by atoms with E-state index in [1.54, 1.807) is 40.5 Å². The maximum absolute atomic E-state index is 13.4. The molecule has 35 heavy (non-hydrogen) atoms. The Morgan fingerprint density at radius 3 is 2.66 bits per heavy atom. The third kappa shape index (κ3) is 5.79. The molecule has 0 bridgehead atoms. The molecule has 0 spiro atoms. The summed E-state index contributed by atoms with van der Waals surface area (Å²) in [4.78, 5) is 14.7. The standard InChI is InChI=1S/C26H31FN4O3S/c1-19-7-3-4-16-31(19)35(33,34)24-13-11-20(12-14-24)26(32)30(2)15-6-10-23-18-25(29-28-23)21-8-5-9-22(27)17-21/h5,8-9,11-14,17-19H,3-4,6-7,10,15-16H2,1-2H3,(H,28,29). The predicted octanol–water partition coefficient (Wildman–Crippen LogP) is 4.48. The van der Waals surface area contributed by atoms with Crippen molar-refractivity contribution in [1.29, 1.82) is 0 Å². The van der Waals surface area contributed by atoms with E-state index in [1.807, 2.05) is 13.0 Å². The maximum atomic E-state index is 13.4. The average molecular weight is 499 g/mol. The van der Waals surface area contributed by atoms with Gasteiger partial charge in [-0.1, -0.05) is 18.6 Å². The lowest BCUT2D eigenvalue weighted by atomic mass is 10.1. The minimum Gasteiger partial charge on any atom is -0.342 e. The first-order valence-corrected chi connectivity index (χ1v) is 13.4. The number of carbonyl (C=O) groups excluding carboxylic acids is 1. The van der Waals surface area contributed by atoms with Gasteiger partial charge >= 0.3 is 0 Å². The van der Waals surface area contributed by atoms with Crippen LogP contribution in [-0.2, 0) is 16.4 Å². The first kappa shape index (κ1) is 25.1. The molecule has 9 heteroatoms. The normalized spacial score (nSPS) is 16.8. The molecule has 1 aromatic heterocycles. The highest BCUT2D eigenvalue weighted by Gasteiger charge is 2.31. The van der Waals surface area contributed by atoms with Crippen molar-refractivity contribution in [3.63, 3.8) is 0 Å². The summed E-state index contributed by atoms with van der Waals surface area (Å²) < 4.78 is 41.0. The van der Waals surface area contributed by atoms with Crippen LogP contribution in [0, 0.1) is 5.82 Å². The topological polar surface area (TPSA) is 86.4 Å². The smallest absolute Gasteiger partial charge is 0.253 e. The number of halogens is 1. The van der Waals surface area contributed by atoms with Gasteiger partial charge in [-0.25, -0.2) is 12.8 Å². The maximum Gasteiger partial charge on any atom is 0.253 e. The van der Waals surface area contributed by atoms with Gasteiger partial charge in [0, 0.05) is 43.0 Å². The molecular weight excluding hydrogens is 467 g/mol. The van der Waals surface area contributed by atoms with Crippen molar-refractivity contribution in [3.05, 3.63) is 71.7 Å². The second-order valence-corrected chi connectivity index (χ2v) is 11.0. The number of benzene rings is 2. The van der Waals surface area contributed by atoms with Gasteiger partial charge in [0.15, 0.2) is 0 Å². The number of carbonyl (C=O) groups is 1. The van der Waals surface area contributed by atoms with Crippen molar-refractivity contribution >= 4 is 15.9 Å². The summed E-state index contributed by atoms with van der Waals surface area (Å²) in [5.41, 5.74) is 2.75. The van der Waals surface area contributed by atoms with Gasteiger partial charge in [0.1, 0.15) is 5.82 Å². The van der Waals surface area contributed by atoms with Crippen molar-refractivity contribution < 1.29 is 17.6 Å². The van der Waals surface area contributed by atoms with Crippen LogP contribution in [0.5, 0.6) is 0 Å². The SMILES string of the molecule is CC1CCCCN1S(=O)(=O)c1ccc(C(=O)N(C)CCCc2cc(-c3cccc(F)c3)n[nH]2)cc1. The van der Waals surface area contributed by atoms with Crippen molar-refractivity contribution in [3.8, 4) is 11.3 Å². The van der Waals surface area contributed by atoms with E-state index in [9.17, 15) is 17.6 Å².